The molecule has 0 aromatic heterocycles. The van der Waals surface area contributed by atoms with Gasteiger partial charge < -0.3 is 0 Å². The summed E-state index contributed by atoms with van der Waals surface area (Å²) >= 11 is 3.39. The zero-order chi connectivity index (χ0) is 13.0. The molecule has 0 aliphatic carbocycles. The Morgan fingerprint density at radius 2 is 1.67 bits per heavy atom. The molecule has 18 heavy (non-hydrogen) atoms. The van der Waals surface area contributed by atoms with Crippen molar-refractivity contribution < 1.29 is 4.79 Å². The number of hydrogen-bond acceptors (Lipinski definition) is 1. The number of carbonyl (C=O) groups is 1. The van der Waals surface area contributed by atoms with E-state index in [0.717, 1.165) is 15.6 Å². The van der Waals surface area contributed by atoms with Crippen LogP contribution in [-0.2, 0) is 17.6 Å². The Kier molecular flexibility index (Phi) is 4.32. The summed E-state index contributed by atoms with van der Waals surface area (Å²) in [7, 11) is 0. The summed E-state index contributed by atoms with van der Waals surface area (Å²) in [4.78, 5) is 12.0. The first-order valence-electron chi connectivity index (χ1n) is 5.96. The second kappa shape index (κ2) is 5.96. The molecule has 0 amide bonds. The maximum atomic E-state index is 12.0. The highest BCUT2D eigenvalue weighted by Crippen LogP contribution is 2.13. The van der Waals surface area contributed by atoms with E-state index in [9.17, 15) is 4.79 Å². The molecular formula is C16H15BrO. The highest BCUT2D eigenvalue weighted by atomic mass is 79.9. The lowest BCUT2D eigenvalue weighted by molar-refractivity contribution is -0.117. The van der Waals surface area contributed by atoms with Gasteiger partial charge in [-0.2, -0.15) is 0 Å². The summed E-state index contributed by atoms with van der Waals surface area (Å²) in [6.45, 7) is 2.04. The van der Waals surface area contributed by atoms with Crippen LogP contribution in [0.2, 0.25) is 0 Å². The van der Waals surface area contributed by atoms with Gasteiger partial charge in [-0.05, 0) is 35.7 Å². The smallest absolute Gasteiger partial charge is 0.141 e. The molecule has 0 unspecified atom stereocenters. The molecule has 0 heterocycles. The fraction of sp³-hybridized carbons (Fsp3) is 0.188. The van der Waals surface area contributed by atoms with Gasteiger partial charge in [-0.15, -0.1) is 0 Å². The lowest BCUT2D eigenvalue weighted by Gasteiger charge is -2.05. The molecule has 2 aromatic rings. The van der Waals surface area contributed by atoms with E-state index in [1.165, 1.54) is 5.56 Å². The van der Waals surface area contributed by atoms with E-state index >= 15 is 0 Å². The predicted molar refractivity (Wildman–Crippen MR) is 77.7 cm³/mol. The Morgan fingerprint density at radius 3 is 2.33 bits per heavy atom. The summed E-state index contributed by atoms with van der Waals surface area (Å²) in [5, 5.41) is 0. The average Bonchev–Trinajstić information content (AvgIpc) is 2.35. The molecule has 0 atom stereocenters. The molecule has 92 valence electrons. The van der Waals surface area contributed by atoms with Crippen molar-refractivity contribution in [3.63, 3.8) is 0 Å². The van der Waals surface area contributed by atoms with Crippen LogP contribution in [0.15, 0.2) is 53.0 Å². The van der Waals surface area contributed by atoms with Crippen LogP contribution in [0, 0.1) is 6.92 Å². The number of ketones is 1. The molecule has 0 saturated carbocycles. The quantitative estimate of drug-likeness (QED) is 0.830. The highest BCUT2D eigenvalue weighted by Gasteiger charge is 2.06. The normalized spacial score (nSPS) is 10.3. The van der Waals surface area contributed by atoms with Crippen LogP contribution in [0.5, 0.6) is 0 Å². The number of benzene rings is 2. The van der Waals surface area contributed by atoms with E-state index in [0.29, 0.717) is 12.8 Å². The topological polar surface area (TPSA) is 17.1 Å². The van der Waals surface area contributed by atoms with E-state index in [1.54, 1.807) is 0 Å². The average molecular weight is 303 g/mol. The summed E-state index contributed by atoms with van der Waals surface area (Å²) in [6, 6.07) is 16.0. The molecule has 0 radical (unpaired) electrons. The minimum atomic E-state index is 0.256. The monoisotopic (exact) mass is 302 g/mol. The molecule has 0 fully saturated rings. The van der Waals surface area contributed by atoms with Gasteiger partial charge >= 0.3 is 0 Å². The standard InChI is InChI=1S/C16H15BrO/c1-12-4-2-3-5-14(12)11-16(18)10-13-6-8-15(17)9-7-13/h2-9H,10-11H2,1H3. The minimum Gasteiger partial charge on any atom is -0.299 e. The van der Waals surface area contributed by atoms with Crippen molar-refractivity contribution in [3.05, 3.63) is 69.7 Å². The van der Waals surface area contributed by atoms with E-state index in [2.05, 4.69) is 15.9 Å². The van der Waals surface area contributed by atoms with Crippen LogP contribution < -0.4 is 0 Å². The lowest BCUT2D eigenvalue weighted by Crippen LogP contribution is -2.07. The highest BCUT2D eigenvalue weighted by molar-refractivity contribution is 9.10. The van der Waals surface area contributed by atoms with Crippen molar-refractivity contribution in [2.24, 2.45) is 0 Å². The second-order valence-corrected chi connectivity index (χ2v) is 5.36. The zero-order valence-corrected chi connectivity index (χ0v) is 11.9. The number of Topliss-reactive ketones (excluding diaryl/α,β-unsaturated/α-hetero) is 1. The van der Waals surface area contributed by atoms with Crippen molar-refractivity contribution in [1.29, 1.82) is 0 Å². The molecule has 0 N–H and O–H groups in total. The van der Waals surface area contributed by atoms with Crippen molar-refractivity contribution in [2.45, 2.75) is 19.8 Å². The van der Waals surface area contributed by atoms with Gasteiger partial charge in [0.25, 0.3) is 0 Å². The fourth-order valence-electron chi connectivity index (χ4n) is 1.91. The maximum absolute atomic E-state index is 12.0. The van der Waals surface area contributed by atoms with Crippen LogP contribution in [0.4, 0.5) is 0 Å². The van der Waals surface area contributed by atoms with Gasteiger partial charge in [-0.3, -0.25) is 4.79 Å². The van der Waals surface area contributed by atoms with Gasteiger partial charge in [0, 0.05) is 17.3 Å². The lowest BCUT2D eigenvalue weighted by atomic mass is 10.00. The van der Waals surface area contributed by atoms with Crippen LogP contribution in [0.1, 0.15) is 16.7 Å². The first kappa shape index (κ1) is 13.0. The van der Waals surface area contributed by atoms with Crippen molar-refractivity contribution in [1.82, 2.24) is 0 Å². The largest absolute Gasteiger partial charge is 0.299 e. The van der Waals surface area contributed by atoms with E-state index < -0.39 is 0 Å². The van der Waals surface area contributed by atoms with E-state index in [-0.39, 0.29) is 5.78 Å². The van der Waals surface area contributed by atoms with Gasteiger partial charge in [-0.25, -0.2) is 0 Å². The third-order valence-corrected chi connectivity index (χ3v) is 3.49. The summed E-state index contributed by atoms with van der Waals surface area (Å²) in [5.74, 6) is 0.256. The van der Waals surface area contributed by atoms with Crippen LogP contribution in [0.25, 0.3) is 0 Å². The summed E-state index contributed by atoms with van der Waals surface area (Å²) < 4.78 is 1.04. The first-order chi connectivity index (χ1) is 8.65. The Morgan fingerprint density at radius 1 is 1.00 bits per heavy atom. The second-order valence-electron chi connectivity index (χ2n) is 4.45. The van der Waals surface area contributed by atoms with E-state index in [4.69, 9.17) is 0 Å². The van der Waals surface area contributed by atoms with Crippen LogP contribution in [0.3, 0.4) is 0 Å². The number of carbonyl (C=O) groups excluding carboxylic acids is 1. The third kappa shape index (κ3) is 3.54. The Labute approximate surface area is 116 Å². The Bertz CT molecular complexity index is 543. The molecule has 0 spiro atoms. The number of hydrogen-bond donors (Lipinski definition) is 0. The molecule has 0 saturated heterocycles. The third-order valence-electron chi connectivity index (χ3n) is 2.96. The predicted octanol–water partition coefficient (Wildman–Crippen LogP) is 4.11. The van der Waals surface area contributed by atoms with Crippen molar-refractivity contribution in [3.8, 4) is 0 Å². The molecule has 2 heteroatoms. The van der Waals surface area contributed by atoms with Crippen LogP contribution >= 0.6 is 15.9 Å². The Hall–Kier alpha value is -1.41. The van der Waals surface area contributed by atoms with Gasteiger partial charge in [-0.1, -0.05) is 52.3 Å². The molecule has 0 bridgehead atoms. The molecule has 0 aliphatic rings. The zero-order valence-electron chi connectivity index (χ0n) is 10.3. The van der Waals surface area contributed by atoms with Gasteiger partial charge in [0.15, 0.2) is 0 Å². The first-order valence-corrected chi connectivity index (χ1v) is 6.75. The molecule has 2 aromatic carbocycles. The summed E-state index contributed by atoms with van der Waals surface area (Å²) in [6.07, 6.45) is 1.02. The minimum absolute atomic E-state index is 0.256. The van der Waals surface area contributed by atoms with Crippen LogP contribution in [-0.4, -0.2) is 5.78 Å². The van der Waals surface area contributed by atoms with Gasteiger partial charge in [0.1, 0.15) is 5.78 Å². The SMILES string of the molecule is Cc1ccccc1CC(=O)Cc1ccc(Br)cc1. The number of halogens is 1. The van der Waals surface area contributed by atoms with E-state index in [1.807, 2.05) is 55.5 Å². The van der Waals surface area contributed by atoms with Crippen molar-refractivity contribution >= 4 is 21.7 Å². The Balaban J connectivity index is 2.01. The molecule has 0 aliphatic heterocycles. The van der Waals surface area contributed by atoms with Gasteiger partial charge in [0.2, 0.25) is 0 Å². The molecule has 1 nitrogen and oxygen atoms in total. The number of rotatable bonds is 4. The molecular weight excluding hydrogens is 288 g/mol. The van der Waals surface area contributed by atoms with Gasteiger partial charge in [0.05, 0.1) is 0 Å². The molecule has 2 rings (SSSR count). The number of aryl methyl sites for hydroxylation is 1. The maximum Gasteiger partial charge on any atom is 0.141 e. The fourth-order valence-corrected chi connectivity index (χ4v) is 2.18. The van der Waals surface area contributed by atoms with Crippen molar-refractivity contribution in [2.75, 3.05) is 0 Å². The summed E-state index contributed by atoms with van der Waals surface area (Å²) in [5.41, 5.74) is 3.37.